The summed E-state index contributed by atoms with van der Waals surface area (Å²) < 4.78 is 12.7. The summed E-state index contributed by atoms with van der Waals surface area (Å²) in [7, 11) is 1.64. The van der Waals surface area contributed by atoms with Gasteiger partial charge in [-0.25, -0.2) is 4.98 Å². The highest BCUT2D eigenvalue weighted by molar-refractivity contribution is 6.20. The summed E-state index contributed by atoms with van der Waals surface area (Å²) in [4.78, 5) is 4.61. The van der Waals surface area contributed by atoms with Gasteiger partial charge in [-0.05, 0) is 31.2 Å². The molecule has 0 aliphatic carbocycles. The number of imidazole rings is 1. The van der Waals surface area contributed by atoms with Crippen molar-refractivity contribution in [3.63, 3.8) is 0 Å². The first-order chi connectivity index (χ1) is 9.69. The van der Waals surface area contributed by atoms with Gasteiger partial charge in [0.25, 0.3) is 0 Å². The van der Waals surface area contributed by atoms with E-state index in [4.69, 9.17) is 20.8 Å². The summed E-state index contributed by atoms with van der Waals surface area (Å²) >= 11 is 6.25. The Balaban J connectivity index is 2.14. The Bertz CT molecular complexity index is 717. The number of methoxy groups -OCH3 is 1. The molecule has 3 aromatic rings. The summed E-state index contributed by atoms with van der Waals surface area (Å²) in [6.45, 7) is 2.53. The molecule has 0 aliphatic heterocycles. The number of benzene rings is 1. The number of nitrogens with zero attached hydrogens (tertiary/aromatic N) is 2. The van der Waals surface area contributed by atoms with Gasteiger partial charge in [0.1, 0.15) is 17.3 Å². The molecule has 0 N–H and O–H groups in total. The molecule has 5 heteroatoms. The number of halogens is 1. The van der Waals surface area contributed by atoms with Crippen molar-refractivity contribution < 1.29 is 9.15 Å². The molecule has 2 heterocycles. The van der Waals surface area contributed by atoms with Gasteiger partial charge in [0.2, 0.25) is 0 Å². The number of hydrogen-bond acceptors (Lipinski definition) is 3. The molecular formula is C15H15ClN2O2. The van der Waals surface area contributed by atoms with Crippen molar-refractivity contribution in [2.45, 2.75) is 18.8 Å². The van der Waals surface area contributed by atoms with E-state index in [1.807, 2.05) is 37.3 Å². The maximum Gasteiger partial charge on any atom is 0.128 e. The fraction of sp³-hybridized carbons (Fsp3) is 0.267. The third-order valence-electron chi connectivity index (χ3n) is 3.23. The van der Waals surface area contributed by atoms with E-state index in [0.29, 0.717) is 6.54 Å². The minimum absolute atomic E-state index is 0.177. The zero-order valence-electron chi connectivity index (χ0n) is 11.3. The number of furan rings is 1. The molecule has 1 aromatic carbocycles. The number of hydrogen-bond donors (Lipinski definition) is 0. The molecule has 0 spiro atoms. The Morgan fingerprint density at radius 3 is 2.90 bits per heavy atom. The maximum absolute atomic E-state index is 6.25. The minimum atomic E-state index is -0.177. The van der Waals surface area contributed by atoms with E-state index in [1.165, 1.54) is 0 Å². The molecule has 2 aromatic heterocycles. The van der Waals surface area contributed by atoms with Crippen LogP contribution < -0.4 is 4.74 Å². The van der Waals surface area contributed by atoms with Crippen molar-refractivity contribution in [3.8, 4) is 5.75 Å². The lowest BCUT2D eigenvalue weighted by Gasteiger charge is -2.08. The van der Waals surface area contributed by atoms with Crippen LogP contribution in [-0.2, 0) is 6.54 Å². The molecular weight excluding hydrogens is 276 g/mol. The first-order valence-electron chi connectivity index (χ1n) is 6.39. The van der Waals surface area contributed by atoms with Gasteiger partial charge < -0.3 is 13.7 Å². The molecule has 104 valence electrons. The van der Waals surface area contributed by atoms with Crippen LogP contribution in [0.3, 0.4) is 0 Å². The molecule has 0 amide bonds. The highest BCUT2D eigenvalue weighted by Gasteiger charge is 2.16. The number of fused-ring (bicyclic) bond motifs is 1. The topological polar surface area (TPSA) is 40.2 Å². The monoisotopic (exact) mass is 290 g/mol. The van der Waals surface area contributed by atoms with E-state index in [9.17, 15) is 0 Å². The molecule has 0 radical (unpaired) electrons. The second-order valence-electron chi connectivity index (χ2n) is 4.61. The zero-order valence-corrected chi connectivity index (χ0v) is 12.1. The first kappa shape index (κ1) is 13.1. The highest BCUT2D eigenvalue weighted by atomic mass is 35.5. The predicted molar refractivity (Wildman–Crippen MR) is 78.4 cm³/mol. The second-order valence-corrected chi connectivity index (χ2v) is 5.26. The smallest absolute Gasteiger partial charge is 0.128 e. The summed E-state index contributed by atoms with van der Waals surface area (Å²) in [5, 5.41) is -0.177. The van der Waals surface area contributed by atoms with Crippen LogP contribution in [0.4, 0.5) is 0 Å². The highest BCUT2D eigenvalue weighted by Crippen LogP contribution is 2.28. The lowest BCUT2D eigenvalue weighted by atomic mass is 10.3. The third kappa shape index (κ3) is 2.27. The minimum Gasteiger partial charge on any atom is -0.497 e. The average Bonchev–Trinajstić information content (AvgIpc) is 3.06. The quantitative estimate of drug-likeness (QED) is 0.682. The van der Waals surface area contributed by atoms with Crippen LogP contribution in [0.5, 0.6) is 5.75 Å². The average molecular weight is 291 g/mol. The largest absolute Gasteiger partial charge is 0.497 e. The zero-order chi connectivity index (χ0) is 14.1. The molecule has 0 bridgehead atoms. The van der Waals surface area contributed by atoms with E-state index in [-0.39, 0.29) is 5.38 Å². The Labute approximate surface area is 121 Å². The fourth-order valence-electron chi connectivity index (χ4n) is 2.28. The van der Waals surface area contributed by atoms with Crippen molar-refractivity contribution in [2.24, 2.45) is 0 Å². The van der Waals surface area contributed by atoms with Gasteiger partial charge in [-0.3, -0.25) is 0 Å². The predicted octanol–water partition coefficient (Wildman–Crippen LogP) is 3.99. The van der Waals surface area contributed by atoms with Gasteiger partial charge in [-0.15, -0.1) is 11.6 Å². The van der Waals surface area contributed by atoms with Crippen molar-refractivity contribution in [2.75, 3.05) is 7.11 Å². The lowest BCUT2D eigenvalue weighted by Crippen LogP contribution is -2.05. The lowest BCUT2D eigenvalue weighted by molar-refractivity contribution is 0.415. The summed E-state index contributed by atoms with van der Waals surface area (Å²) in [6, 6.07) is 9.65. The van der Waals surface area contributed by atoms with E-state index in [2.05, 4.69) is 9.55 Å². The van der Waals surface area contributed by atoms with Crippen molar-refractivity contribution in [3.05, 3.63) is 48.2 Å². The molecule has 0 fully saturated rings. The van der Waals surface area contributed by atoms with E-state index in [0.717, 1.165) is 28.4 Å². The summed E-state index contributed by atoms with van der Waals surface area (Å²) in [5.74, 6) is 2.49. The van der Waals surface area contributed by atoms with Crippen LogP contribution in [0.1, 0.15) is 23.9 Å². The molecule has 3 rings (SSSR count). The molecule has 0 saturated heterocycles. The second kappa shape index (κ2) is 5.21. The van der Waals surface area contributed by atoms with Gasteiger partial charge in [0, 0.05) is 6.07 Å². The number of rotatable bonds is 4. The first-order valence-corrected chi connectivity index (χ1v) is 6.83. The Kier molecular flexibility index (Phi) is 3.40. The van der Waals surface area contributed by atoms with Crippen LogP contribution >= 0.6 is 11.6 Å². The van der Waals surface area contributed by atoms with E-state index >= 15 is 0 Å². The molecule has 4 nitrogen and oxygen atoms in total. The van der Waals surface area contributed by atoms with E-state index in [1.54, 1.807) is 13.4 Å². The molecule has 1 atom stereocenters. The van der Waals surface area contributed by atoms with Crippen LogP contribution in [0, 0.1) is 0 Å². The van der Waals surface area contributed by atoms with Crippen LogP contribution in [0.2, 0.25) is 0 Å². The fourth-order valence-corrected chi connectivity index (χ4v) is 2.45. The SMILES string of the molecule is COc1ccc2c(c1)nc(C(C)Cl)n2Cc1ccco1. The number of ether oxygens (including phenoxy) is 1. The molecule has 1 unspecified atom stereocenters. The van der Waals surface area contributed by atoms with Crippen molar-refractivity contribution in [1.82, 2.24) is 9.55 Å². The van der Waals surface area contributed by atoms with Gasteiger partial charge in [0.15, 0.2) is 0 Å². The summed E-state index contributed by atoms with van der Waals surface area (Å²) in [5.41, 5.74) is 1.89. The van der Waals surface area contributed by atoms with Crippen LogP contribution in [-0.4, -0.2) is 16.7 Å². The maximum atomic E-state index is 6.25. The number of aromatic nitrogens is 2. The molecule has 0 aliphatic rings. The normalized spacial score (nSPS) is 12.8. The van der Waals surface area contributed by atoms with E-state index < -0.39 is 0 Å². The number of alkyl halides is 1. The van der Waals surface area contributed by atoms with Crippen LogP contribution in [0.25, 0.3) is 11.0 Å². The Hall–Kier alpha value is -1.94. The van der Waals surface area contributed by atoms with Crippen molar-refractivity contribution in [1.29, 1.82) is 0 Å². The third-order valence-corrected chi connectivity index (χ3v) is 3.43. The molecule has 20 heavy (non-hydrogen) atoms. The Morgan fingerprint density at radius 2 is 2.25 bits per heavy atom. The van der Waals surface area contributed by atoms with Crippen molar-refractivity contribution >= 4 is 22.6 Å². The molecule has 0 saturated carbocycles. The van der Waals surface area contributed by atoms with Gasteiger partial charge in [0.05, 0.1) is 36.3 Å². The Morgan fingerprint density at radius 1 is 1.40 bits per heavy atom. The standard InChI is InChI=1S/C15H15ClN2O2/c1-10(16)15-17-13-8-11(19-2)5-6-14(13)18(15)9-12-4-3-7-20-12/h3-8,10H,9H2,1-2H3. The van der Waals surface area contributed by atoms with Gasteiger partial charge >= 0.3 is 0 Å². The van der Waals surface area contributed by atoms with Gasteiger partial charge in [-0.1, -0.05) is 0 Å². The van der Waals surface area contributed by atoms with Gasteiger partial charge in [-0.2, -0.15) is 0 Å². The summed E-state index contributed by atoms with van der Waals surface area (Å²) in [6.07, 6.45) is 1.67. The van der Waals surface area contributed by atoms with Crippen LogP contribution in [0.15, 0.2) is 41.0 Å².